The van der Waals surface area contributed by atoms with E-state index in [1.807, 2.05) is 25.3 Å². The van der Waals surface area contributed by atoms with Crippen LogP contribution in [0.1, 0.15) is 30.1 Å². The van der Waals surface area contributed by atoms with Gasteiger partial charge in [-0.3, -0.25) is 4.72 Å². The van der Waals surface area contributed by atoms with Gasteiger partial charge in [-0.15, -0.1) is 11.3 Å². The van der Waals surface area contributed by atoms with Gasteiger partial charge in [0, 0.05) is 29.4 Å². The third-order valence-corrected chi connectivity index (χ3v) is 5.76. The predicted molar refractivity (Wildman–Crippen MR) is 108 cm³/mol. The number of anilines is 1. The van der Waals surface area contributed by atoms with Crippen LogP contribution in [0, 0.1) is 12.8 Å². The van der Waals surface area contributed by atoms with E-state index in [9.17, 15) is 8.42 Å². The minimum absolute atomic E-state index is 0.524. The van der Waals surface area contributed by atoms with Crippen molar-refractivity contribution in [3.63, 3.8) is 0 Å². The van der Waals surface area contributed by atoms with Crippen LogP contribution in [-0.2, 0) is 23.9 Å². The summed E-state index contributed by atoms with van der Waals surface area (Å²) >= 11 is 1.51. The highest BCUT2D eigenvalue weighted by molar-refractivity contribution is 7.74. The Balaban J connectivity index is 1.87. The van der Waals surface area contributed by atoms with Gasteiger partial charge in [0.1, 0.15) is 10.8 Å². The molecule has 0 bridgehead atoms. The van der Waals surface area contributed by atoms with E-state index in [2.05, 4.69) is 46.3 Å². The summed E-state index contributed by atoms with van der Waals surface area (Å²) in [5, 5.41) is 0.690. The Morgan fingerprint density at radius 1 is 1.23 bits per heavy atom. The van der Waals surface area contributed by atoms with Crippen LogP contribution in [0.15, 0.2) is 42.7 Å². The van der Waals surface area contributed by atoms with Crippen molar-refractivity contribution in [3.05, 3.63) is 59.0 Å². The lowest BCUT2D eigenvalue weighted by atomic mass is 10.0. The molecule has 0 saturated carbocycles. The fourth-order valence-corrected chi connectivity index (χ4v) is 4.72. The van der Waals surface area contributed by atoms with Gasteiger partial charge in [0.05, 0.1) is 0 Å². The second-order valence-electron chi connectivity index (χ2n) is 6.72. The number of nitrogens with one attached hydrogen (secondary N) is 1. The number of rotatable bonds is 7. The Kier molecular flexibility index (Phi) is 5.78. The van der Waals surface area contributed by atoms with Crippen LogP contribution in [-0.4, -0.2) is 18.0 Å². The molecule has 0 saturated heterocycles. The molecular formula is C19H23N3O2S2. The molecule has 2 heterocycles. The molecule has 138 valence electrons. The molecule has 3 rings (SSSR count). The van der Waals surface area contributed by atoms with E-state index in [0.29, 0.717) is 10.9 Å². The van der Waals surface area contributed by atoms with Crippen molar-refractivity contribution in [2.75, 3.05) is 4.72 Å². The van der Waals surface area contributed by atoms with Gasteiger partial charge < -0.3 is 4.57 Å². The highest BCUT2D eigenvalue weighted by Crippen LogP contribution is 2.37. The zero-order chi connectivity index (χ0) is 18.7. The molecule has 1 aromatic carbocycles. The summed E-state index contributed by atoms with van der Waals surface area (Å²) in [5.74, 6) is 1.51. The second-order valence-corrected chi connectivity index (χ2v) is 8.60. The standard InChI is InChI=1S/C19H23N3O2S2/c1-13(2)10-17-11-18(19(25-17)21-26(23)24)16-6-4-15(5-7-16)12-22-9-8-20-14(22)3/h4-9,11,13,26H,10,12H2,1-3H3,(H,21,23,24). The molecule has 26 heavy (non-hydrogen) atoms. The quantitative estimate of drug-likeness (QED) is 0.598. The van der Waals surface area contributed by atoms with E-state index >= 15 is 0 Å². The maximum atomic E-state index is 11.2. The number of imidazole rings is 1. The van der Waals surface area contributed by atoms with Crippen LogP contribution in [0.2, 0.25) is 0 Å². The third-order valence-electron chi connectivity index (χ3n) is 4.13. The molecule has 2 aromatic heterocycles. The number of aromatic nitrogens is 2. The second kappa shape index (κ2) is 8.05. The number of thiophene rings is 1. The van der Waals surface area contributed by atoms with Crippen LogP contribution in [0.5, 0.6) is 0 Å². The van der Waals surface area contributed by atoms with Crippen LogP contribution < -0.4 is 4.72 Å². The Bertz CT molecular complexity index is 946. The topological polar surface area (TPSA) is 64.0 Å². The summed E-state index contributed by atoms with van der Waals surface area (Å²) in [7, 11) is -2.68. The minimum atomic E-state index is -2.68. The number of thiol groups is 1. The van der Waals surface area contributed by atoms with Gasteiger partial charge in [-0.25, -0.2) is 13.4 Å². The zero-order valence-corrected chi connectivity index (χ0v) is 16.8. The lowest BCUT2D eigenvalue weighted by Gasteiger charge is -2.07. The van der Waals surface area contributed by atoms with Gasteiger partial charge in [0.2, 0.25) is 10.9 Å². The van der Waals surface area contributed by atoms with Crippen molar-refractivity contribution in [3.8, 4) is 11.1 Å². The third kappa shape index (κ3) is 4.53. The fraction of sp³-hybridized carbons (Fsp3) is 0.316. The van der Waals surface area contributed by atoms with E-state index in [1.165, 1.54) is 21.8 Å². The average molecular weight is 390 g/mol. The van der Waals surface area contributed by atoms with Crippen LogP contribution in [0.4, 0.5) is 5.00 Å². The molecule has 0 unspecified atom stereocenters. The molecule has 0 aliphatic heterocycles. The number of hydrogen-bond donors (Lipinski definition) is 2. The monoisotopic (exact) mass is 389 g/mol. The first-order chi connectivity index (χ1) is 12.4. The number of aryl methyl sites for hydroxylation is 1. The molecule has 0 spiro atoms. The van der Waals surface area contributed by atoms with Crippen molar-refractivity contribution in [1.82, 2.24) is 9.55 Å². The van der Waals surface area contributed by atoms with Crippen LogP contribution in [0.25, 0.3) is 11.1 Å². The molecule has 0 radical (unpaired) electrons. The Labute approximate surface area is 159 Å². The van der Waals surface area contributed by atoms with E-state index < -0.39 is 10.9 Å². The summed E-state index contributed by atoms with van der Waals surface area (Å²) in [4.78, 5) is 5.43. The lowest BCUT2D eigenvalue weighted by molar-refractivity contribution is 0.619. The molecule has 0 aliphatic rings. The molecule has 0 atom stereocenters. The van der Waals surface area contributed by atoms with Gasteiger partial charge >= 0.3 is 0 Å². The summed E-state index contributed by atoms with van der Waals surface area (Å²) in [6, 6.07) is 10.4. The van der Waals surface area contributed by atoms with Crippen molar-refractivity contribution < 1.29 is 8.42 Å². The highest BCUT2D eigenvalue weighted by Gasteiger charge is 2.13. The van der Waals surface area contributed by atoms with E-state index in [-0.39, 0.29) is 0 Å². The number of benzene rings is 1. The largest absolute Gasteiger partial charge is 0.331 e. The minimum Gasteiger partial charge on any atom is -0.331 e. The summed E-state index contributed by atoms with van der Waals surface area (Å²) in [6.07, 6.45) is 4.70. The molecular weight excluding hydrogens is 366 g/mol. The number of nitrogens with zero attached hydrogens (tertiary/aromatic N) is 2. The smallest absolute Gasteiger partial charge is 0.223 e. The Hall–Kier alpha value is -2.12. The summed E-state index contributed by atoms with van der Waals surface area (Å²) in [6.45, 7) is 7.07. The Morgan fingerprint density at radius 2 is 1.96 bits per heavy atom. The van der Waals surface area contributed by atoms with E-state index in [0.717, 1.165) is 29.9 Å². The van der Waals surface area contributed by atoms with E-state index in [1.54, 1.807) is 6.20 Å². The van der Waals surface area contributed by atoms with Crippen LogP contribution in [0.3, 0.4) is 0 Å². The molecule has 5 nitrogen and oxygen atoms in total. The molecule has 0 fully saturated rings. The fourth-order valence-electron chi connectivity index (χ4n) is 2.88. The summed E-state index contributed by atoms with van der Waals surface area (Å²) < 4.78 is 27.0. The Morgan fingerprint density at radius 3 is 2.54 bits per heavy atom. The predicted octanol–water partition coefficient (Wildman–Crippen LogP) is 4.11. The van der Waals surface area contributed by atoms with Crippen molar-refractivity contribution in [2.24, 2.45) is 5.92 Å². The first-order valence-corrected chi connectivity index (χ1v) is 10.5. The molecule has 1 N–H and O–H groups in total. The number of hydrogen-bond acceptors (Lipinski definition) is 4. The van der Waals surface area contributed by atoms with Crippen molar-refractivity contribution in [2.45, 2.75) is 33.7 Å². The normalized spacial score (nSPS) is 11.4. The van der Waals surface area contributed by atoms with Gasteiger partial charge in [0.25, 0.3) is 0 Å². The maximum absolute atomic E-state index is 11.2. The first kappa shape index (κ1) is 18.7. The van der Waals surface area contributed by atoms with E-state index in [4.69, 9.17) is 0 Å². The van der Waals surface area contributed by atoms with Gasteiger partial charge in [-0.05, 0) is 36.5 Å². The highest BCUT2D eigenvalue weighted by atomic mass is 32.2. The molecule has 3 aromatic rings. The zero-order valence-electron chi connectivity index (χ0n) is 15.1. The van der Waals surface area contributed by atoms with Gasteiger partial charge in [-0.2, -0.15) is 0 Å². The first-order valence-electron chi connectivity index (χ1n) is 8.53. The van der Waals surface area contributed by atoms with Crippen molar-refractivity contribution in [1.29, 1.82) is 0 Å². The maximum Gasteiger partial charge on any atom is 0.223 e. The SMILES string of the molecule is Cc1nccn1Cc1ccc(-c2cc(CC(C)C)sc2N[SH](=O)=O)cc1. The molecule has 0 aliphatic carbocycles. The van der Waals surface area contributed by atoms with Gasteiger partial charge in [0.15, 0.2) is 0 Å². The molecule has 7 heteroatoms. The van der Waals surface area contributed by atoms with Gasteiger partial charge in [-0.1, -0.05) is 38.1 Å². The van der Waals surface area contributed by atoms with Crippen molar-refractivity contribution >= 4 is 27.2 Å². The summed E-state index contributed by atoms with van der Waals surface area (Å²) in [5.41, 5.74) is 3.13. The average Bonchev–Trinajstić information content (AvgIpc) is 3.14. The molecule has 0 amide bonds. The lowest BCUT2D eigenvalue weighted by Crippen LogP contribution is -2.00. The van der Waals surface area contributed by atoms with Crippen LogP contribution >= 0.6 is 11.3 Å².